The summed E-state index contributed by atoms with van der Waals surface area (Å²) in [6.45, 7) is 0. The highest BCUT2D eigenvalue weighted by Gasteiger charge is 2.16. The van der Waals surface area contributed by atoms with Gasteiger partial charge in [0.25, 0.3) is 5.69 Å². The number of aliphatic carboxylic acids is 1. The Kier molecular flexibility index (Phi) is 5.19. The van der Waals surface area contributed by atoms with Crippen molar-refractivity contribution >= 4 is 17.4 Å². The number of para-hydroxylation sites is 1. The number of carboxylic acids is 1. The fourth-order valence-corrected chi connectivity index (χ4v) is 2.39. The molecule has 0 unspecified atom stereocenters. The van der Waals surface area contributed by atoms with Crippen molar-refractivity contribution in [2.75, 3.05) is 0 Å². The fourth-order valence-electron chi connectivity index (χ4n) is 2.39. The number of rotatable bonds is 3. The van der Waals surface area contributed by atoms with Gasteiger partial charge in [-0.25, -0.2) is 0 Å². The van der Waals surface area contributed by atoms with E-state index in [1.54, 1.807) is 6.07 Å². The van der Waals surface area contributed by atoms with Crippen LogP contribution in [0.25, 0.3) is 0 Å². The van der Waals surface area contributed by atoms with Crippen molar-refractivity contribution in [3.05, 3.63) is 75.3 Å². The molecule has 2 aromatic rings. The van der Waals surface area contributed by atoms with Crippen LogP contribution in [0.2, 0.25) is 0 Å². The summed E-state index contributed by atoms with van der Waals surface area (Å²) in [6.07, 6.45) is 0.976. The number of Topliss-reactive ketones (excluding diaryl/α,β-unsaturated/α-hetero) is 1. The Hall–Kier alpha value is -3.02. The molecule has 118 valence electrons. The van der Waals surface area contributed by atoms with E-state index < -0.39 is 10.9 Å². The first-order valence-electron chi connectivity index (χ1n) is 7.00. The average molecular weight is 313 g/mol. The first-order chi connectivity index (χ1) is 11.0. The van der Waals surface area contributed by atoms with Gasteiger partial charge in [0.2, 0.25) is 0 Å². The van der Waals surface area contributed by atoms with Gasteiger partial charge in [0.15, 0.2) is 0 Å². The van der Waals surface area contributed by atoms with E-state index >= 15 is 0 Å². The fraction of sp³-hybridized carbons (Fsp3) is 0.176. The molecule has 0 aromatic heterocycles. The molecular formula is C17H15NO5. The van der Waals surface area contributed by atoms with Crippen molar-refractivity contribution < 1.29 is 19.6 Å². The maximum absolute atomic E-state index is 10.9. The van der Waals surface area contributed by atoms with Gasteiger partial charge in [0.1, 0.15) is 5.78 Å². The number of ketones is 1. The Morgan fingerprint density at radius 2 is 1.57 bits per heavy atom. The lowest BCUT2D eigenvalue weighted by Crippen LogP contribution is -2.03. The van der Waals surface area contributed by atoms with Crippen LogP contribution in [0.15, 0.2) is 48.5 Å². The van der Waals surface area contributed by atoms with Gasteiger partial charge in [-0.2, -0.15) is 0 Å². The molecule has 23 heavy (non-hydrogen) atoms. The van der Waals surface area contributed by atoms with Crippen LogP contribution in [-0.2, 0) is 28.9 Å². The minimum Gasteiger partial charge on any atom is -0.481 e. The summed E-state index contributed by atoms with van der Waals surface area (Å²) in [6, 6.07) is 13.8. The highest BCUT2D eigenvalue weighted by atomic mass is 16.6. The van der Waals surface area contributed by atoms with Crippen LogP contribution in [0.1, 0.15) is 16.7 Å². The van der Waals surface area contributed by atoms with Crippen molar-refractivity contribution in [3.63, 3.8) is 0 Å². The number of carbonyl (C=O) groups is 2. The van der Waals surface area contributed by atoms with Crippen LogP contribution in [0.4, 0.5) is 5.69 Å². The van der Waals surface area contributed by atoms with Crippen LogP contribution in [0, 0.1) is 10.1 Å². The smallest absolute Gasteiger partial charge is 0.308 e. The van der Waals surface area contributed by atoms with E-state index in [2.05, 4.69) is 0 Å². The predicted octanol–water partition coefficient (Wildman–Crippen LogP) is 2.58. The van der Waals surface area contributed by atoms with Gasteiger partial charge < -0.3 is 5.11 Å². The minimum absolute atomic E-state index is 0.148. The summed E-state index contributed by atoms with van der Waals surface area (Å²) in [5.41, 5.74) is 2.50. The molecule has 1 aliphatic carbocycles. The molecule has 0 bridgehead atoms. The summed E-state index contributed by atoms with van der Waals surface area (Å²) >= 11 is 0. The number of carboxylic acid groups (broad SMARTS) is 1. The number of hydrogen-bond acceptors (Lipinski definition) is 4. The van der Waals surface area contributed by atoms with E-state index in [0.29, 0.717) is 18.6 Å². The molecule has 0 saturated heterocycles. The molecule has 0 aliphatic heterocycles. The molecule has 0 spiro atoms. The molecule has 0 fully saturated rings. The van der Waals surface area contributed by atoms with E-state index in [9.17, 15) is 19.7 Å². The van der Waals surface area contributed by atoms with E-state index in [1.165, 1.54) is 29.3 Å². The zero-order valence-electron chi connectivity index (χ0n) is 12.3. The number of carbonyl (C=O) groups excluding carboxylic acids is 1. The largest absolute Gasteiger partial charge is 0.481 e. The minimum atomic E-state index is -1.07. The SMILES string of the molecule is O=C(O)Cc1ccccc1[N+](=O)[O-].O=C1Cc2ccccc2C1. The second kappa shape index (κ2) is 7.31. The van der Waals surface area contributed by atoms with E-state index in [-0.39, 0.29) is 17.7 Å². The predicted molar refractivity (Wildman–Crippen MR) is 83.3 cm³/mol. The topological polar surface area (TPSA) is 97.5 Å². The summed E-state index contributed by atoms with van der Waals surface area (Å²) in [4.78, 5) is 31.1. The van der Waals surface area contributed by atoms with Gasteiger partial charge in [-0.3, -0.25) is 19.7 Å². The number of hydrogen-bond donors (Lipinski definition) is 1. The Morgan fingerprint density at radius 3 is 2.09 bits per heavy atom. The maximum atomic E-state index is 10.9. The molecule has 2 aromatic carbocycles. The molecule has 6 nitrogen and oxygen atoms in total. The summed E-state index contributed by atoms with van der Waals surface area (Å²) in [5.74, 6) is -0.726. The highest BCUT2D eigenvalue weighted by molar-refractivity contribution is 5.87. The van der Waals surface area contributed by atoms with Crippen molar-refractivity contribution in [1.82, 2.24) is 0 Å². The number of nitrogens with zero attached hydrogens (tertiary/aromatic N) is 1. The zero-order chi connectivity index (χ0) is 16.8. The monoisotopic (exact) mass is 313 g/mol. The third-order valence-corrected chi connectivity index (χ3v) is 3.42. The maximum Gasteiger partial charge on any atom is 0.308 e. The number of nitro groups is 1. The lowest BCUT2D eigenvalue weighted by atomic mass is 10.1. The lowest BCUT2D eigenvalue weighted by Gasteiger charge is -1.97. The normalized spacial score (nSPS) is 12.1. The van der Waals surface area contributed by atoms with Crippen LogP contribution in [0.5, 0.6) is 0 Å². The van der Waals surface area contributed by atoms with Crippen LogP contribution in [-0.4, -0.2) is 21.8 Å². The number of fused-ring (bicyclic) bond motifs is 1. The van der Waals surface area contributed by atoms with Crippen LogP contribution in [0.3, 0.4) is 0 Å². The Morgan fingerprint density at radius 1 is 1.04 bits per heavy atom. The second-order valence-electron chi connectivity index (χ2n) is 5.12. The van der Waals surface area contributed by atoms with Crippen molar-refractivity contribution in [3.8, 4) is 0 Å². The van der Waals surface area contributed by atoms with Crippen LogP contribution < -0.4 is 0 Å². The third kappa shape index (κ3) is 4.47. The molecule has 3 rings (SSSR count). The van der Waals surface area contributed by atoms with Crippen LogP contribution >= 0.6 is 0 Å². The van der Waals surface area contributed by atoms with E-state index in [1.807, 2.05) is 24.3 Å². The second-order valence-corrected chi connectivity index (χ2v) is 5.12. The van der Waals surface area contributed by atoms with E-state index in [4.69, 9.17) is 5.11 Å². The highest BCUT2D eigenvalue weighted by Crippen LogP contribution is 2.18. The zero-order valence-corrected chi connectivity index (χ0v) is 12.3. The van der Waals surface area contributed by atoms with Gasteiger partial charge >= 0.3 is 5.97 Å². The number of nitro benzene ring substituents is 1. The summed E-state index contributed by atoms with van der Waals surface area (Å²) in [5, 5.41) is 18.9. The first-order valence-corrected chi connectivity index (χ1v) is 7.00. The van der Waals surface area contributed by atoms with Gasteiger partial charge in [-0.15, -0.1) is 0 Å². The molecule has 0 radical (unpaired) electrons. The van der Waals surface area contributed by atoms with Crippen molar-refractivity contribution in [1.29, 1.82) is 0 Å². The molecule has 0 amide bonds. The third-order valence-electron chi connectivity index (χ3n) is 3.42. The molecule has 0 atom stereocenters. The standard InChI is InChI=1S/C9H8O.C8H7NO4/c10-9-5-7-3-1-2-4-8(7)6-9;10-8(11)5-6-3-1-2-4-7(6)9(12)13/h1-4H,5-6H2;1-4H,5H2,(H,10,11). The molecule has 1 N–H and O–H groups in total. The Balaban J connectivity index is 0.000000172. The Bertz CT molecular complexity index is 727. The first kappa shape index (κ1) is 16.4. The molecule has 6 heteroatoms. The Labute approximate surface area is 132 Å². The van der Waals surface area contributed by atoms with Gasteiger partial charge in [0.05, 0.1) is 11.3 Å². The summed E-state index contributed by atoms with van der Waals surface area (Å²) in [7, 11) is 0. The molecule has 0 heterocycles. The van der Waals surface area contributed by atoms with E-state index in [0.717, 1.165) is 0 Å². The number of benzene rings is 2. The van der Waals surface area contributed by atoms with Gasteiger partial charge in [-0.1, -0.05) is 42.5 Å². The summed E-state index contributed by atoms with van der Waals surface area (Å²) < 4.78 is 0. The molecule has 0 saturated carbocycles. The average Bonchev–Trinajstić information content (AvgIpc) is 2.87. The van der Waals surface area contributed by atoms with Crippen molar-refractivity contribution in [2.45, 2.75) is 19.3 Å². The van der Waals surface area contributed by atoms with Crippen molar-refractivity contribution in [2.24, 2.45) is 0 Å². The lowest BCUT2D eigenvalue weighted by molar-refractivity contribution is -0.385. The quantitative estimate of drug-likeness (QED) is 0.693. The molecular weight excluding hydrogens is 298 g/mol. The molecule has 1 aliphatic rings. The van der Waals surface area contributed by atoms with Gasteiger partial charge in [-0.05, 0) is 11.1 Å². The van der Waals surface area contributed by atoms with Gasteiger partial charge in [0, 0.05) is 24.5 Å².